The van der Waals surface area contributed by atoms with E-state index in [9.17, 15) is 0 Å². The third kappa shape index (κ3) is 3.51. The maximum absolute atomic E-state index is 5.63. The van der Waals surface area contributed by atoms with Gasteiger partial charge in [-0.3, -0.25) is 0 Å². The lowest BCUT2D eigenvalue weighted by Gasteiger charge is -2.27. The first-order chi connectivity index (χ1) is 5.88. The molecule has 1 rings (SSSR count). The molecule has 0 bridgehead atoms. The maximum atomic E-state index is 5.63. The van der Waals surface area contributed by atoms with Gasteiger partial charge in [0.1, 0.15) is 5.60 Å². The molecule has 1 saturated heterocycles. The first-order valence-corrected chi connectivity index (χ1v) is 5.27. The molecule has 1 heterocycles. The predicted octanol–water partition coefficient (Wildman–Crippen LogP) is 2.43. The molecule has 76 valence electrons. The van der Waals surface area contributed by atoms with Crippen LogP contribution in [0, 0.1) is 5.92 Å². The van der Waals surface area contributed by atoms with Gasteiger partial charge in [-0.25, -0.2) is 0 Å². The van der Waals surface area contributed by atoms with Gasteiger partial charge in [0.25, 0.3) is 5.17 Å². The Kier molecular flexibility index (Phi) is 3.17. The highest BCUT2D eigenvalue weighted by molar-refractivity contribution is 7.80. The quantitative estimate of drug-likeness (QED) is 0.559. The summed E-state index contributed by atoms with van der Waals surface area (Å²) in [4.78, 5) is 2.16. The SMILES string of the molecule is C[C@H]1CCN(C(=S)OC(C)(C)C)C1. The van der Waals surface area contributed by atoms with Crippen LogP contribution < -0.4 is 0 Å². The minimum absolute atomic E-state index is 0.164. The van der Waals surface area contributed by atoms with Crippen molar-refractivity contribution in [3.05, 3.63) is 0 Å². The zero-order valence-corrected chi connectivity index (χ0v) is 9.78. The average molecular weight is 201 g/mol. The molecule has 0 unspecified atom stereocenters. The van der Waals surface area contributed by atoms with Crippen molar-refractivity contribution in [1.29, 1.82) is 0 Å². The van der Waals surface area contributed by atoms with Crippen molar-refractivity contribution >= 4 is 17.4 Å². The van der Waals surface area contributed by atoms with Gasteiger partial charge in [-0.05, 0) is 45.3 Å². The van der Waals surface area contributed by atoms with Crippen molar-refractivity contribution in [1.82, 2.24) is 4.90 Å². The molecular formula is C10H19NOS. The average Bonchev–Trinajstić information content (AvgIpc) is 2.31. The van der Waals surface area contributed by atoms with Gasteiger partial charge >= 0.3 is 0 Å². The van der Waals surface area contributed by atoms with Gasteiger partial charge in [0.15, 0.2) is 0 Å². The molecule has 2 nitrogen and oxygen atoms in total. The molecule has 0 spiro atoms. The van der Waals surface area contributed by atoms with Crippen LogP contribution in [-0.2, 0) is 4.74 Å². The van der Waals surface area contributed by atoms with E-state index in [0.29, 0.717) is 5.17 Å². The van der Waals surface area contributed by atoms with Crippen LogP contribution in [0.5, 0.6) is 0 Å². The Bertz CT molecular complexity index is 198. The van der Waals surface area contributed by atoms with E-state index in [4.69, 9.17) is 17.0 Å². The third-order valence-electron chi connectivity index (χ3n) is 2.08. The van der Waals surface area contributed by atoms with Gasteiger partial charge in [-0.1, -0.05) is 6.92 Å². The topological polar surface area (TPSA) is 12.5 Å². The Labute approximate surface area is 86.3 Å². The largest absolute Gasteiger partial charge is 0.465 e. The van der Waals surface area contributed by atoms with Crippen molar-refractivity contribution in [3.63, 3.8) is 0 Å². The molecular weight excluding hydrogens is 182 g/mol. The van der Waals surface area contributed by atoms with Gasteiger partial charge in [0, 0.05) is 13.1 Å². The lowest BCUT2D eigenvalue weighted by molar-refractivity contribution is 0.0972. The Morgan fingerprint density at radius 3 is 2.46 bits per heavy atom. The van der Waals surface area contributed by atoms with E-state index >= 15 is 0 Å². The minimum Gasteiger partial charge on any atom is -0.465 e. The number of thiocarbonyl (C=S) groups is 1. The van der Waals surface area contributed by atoms with Crippen LogP contribution in [0.15, 0.2) is 0 Å². The van der Waals surface area contributed by atoms with Crippen LogP contribution in [0.1, 0.15) is 34.1 Å². The molecule has 1 aliphatic heterocycles. The summed E-state index contributed by atoms with van der Waals surface area (Å²) >= 11 is 5.22. The van der Waals surface area contributed by atoms with Gasteiger partial charge in [-0.2, -0.15) is 0 Å². The van der Waals surface area contributed by atoms with Crippen LogP contribution in [0.2, 0.25) is 0 Å². The lowest BCUT2D eigenvalue weighted by Crippen LogP contribution is -2.35. The van der Waals surface area contributed by atoms with Gasteiger partial charge in [-0.15, -0.1) is 0 Å². The molecule has 3 heteroatoms. The lowest BCUT2D eigenvalue weighted by atomic mass is 10.2. The van der Waals surface area contributed by atoms with Crippen LogP contribution in [0.4, 0.5) is 0 Å². The van der Waals surface area contributed by atoms with Crippen LogP contribution in [-0.4, -0.2) is 28.8 Å². The normalized spacial score (nSPS) is 23.4. The summed E-state index contributed by atoms with van der Waals surface area (Å²) in [6.45, 7) is 10.4. The molecule has 0 N–H and O–H groups in total. The number of hydrogen-bond donors (Lipinski definition) is 0. The highest BCUT2D eigenvalue weighted by Crippen LogP contribution is 2.18. The highest BCUT2D eigenvalue weighted by atomic mass is 32.1. The predicted molar refractivity (Wildman–Crippen MR) is 58.8 cm³/mol. The maximum Gasteiger partial charge on any atom is 0.259 e. The molecule has 0 saturated carbocycles. The van der Waals surface area contributed by atoms with Gasteiger partial charge in [0.05, 0.1) is 0 Å². The second kappa shape index (κ2) is 3.82. The van der Waals surface area contributed by atoms with E-state index in [1.807, 2.05) is 20.8 Å². The summed E-state index contributed by atoms with van der Waals surface area (Å²) < 4.78 is 5.63. The standard InChI is InChI=1S/C10H19NOS/c1-8-5-6-11(7-8)9(13)12-10(2,3)4/h8H,5-7H2,1-4H3/t8-/m0/s1. The first-order valence-electron chi connectivity index (χ1n) is 4.86. The minimum atomic E-state index is -0.164. The first kappa shape index (κ1) is 10.8. The Balaban J connectivity index is 2.41. The van der Waals surface area contributed by atoms with Gasteiger partial charge in [0.2, 0.25) is 0 Å². The summed E-state index contributed by atoms with van der Waals surface area (Å²) in [6.07, 6.45) is 1.23. The molecule has 13 heavy (non-hydrogen) atoms. The number of likely N-dealkylation sites (tertiary alicyclic amines) is 1. The van der Waals surface area contributed by atoms with E-state index < -0.39 is 0 Å². The number of rotatable bonds is 0. The summed E-state index contributed by atoms with van der Waals surface area (Å²) in [6, 6.07) is 0. The molecule has 0 aromatic rings. The fourth-order valence-electron chi connectivity index (χ4n) is 1.43. The van der Waals surface area contributed by atoms with E-state index in [0.717, 1.165) is 19.0 Å². The fourth-order valence-corrected chi connectivity index (χ4v) is 1.84. The molecule has 0 aliphatic carbocycles. The van der Waals surface area contributed by atoms with Crippen molar-refractivity contribution < 1.29 is 4.74 Å². The number of hydrogen-bond acceptors (Lipinski definition) is 2. The van der Waals surface area contributed by atoms with E-state index in [1.165, 1.54) is 6.42 Å². The third-order valence-corrected chi connectivity index (χ3v) is 2.42. The van der Waals surface area contributed by atoms with Crippen molar-refractivity contribution in [2.75, 3.05) is 13.1 Å². The molecule has 1 atom stereocenters. The van der Waals surface area contributed by atoms with Crippen molar-refractivity contribution in [3.8, 4) is 0 Å². The molecule has 0 radical (unpaired) electrons. The van der Waals surface area contributed by atoms with Crippen molar-refractivity contribution in [2.45, 2.75) is 39.7 Å². The zero-order valence-electron chi connectivity index (χ0n) is 8.96. The summed E-state index contributed by atoms with van der Waals surface area (Å²) in [5, 5.41) is 0.664. The van der Waals surface area contributed by atoms with Gasteiger partial charge < -0.3 is 9.64 Å². The second-order valence-electron chi connectivity index (χ2n) is 4.82. The van der Waals surface area contributed by atoms with Crippen LogP contribution in [0.25, 0.3) is 0 Å². The Morgan fingerprint density at radius 1 is 1.46 bits per heavy atom. The summed E-state index contributed by atoms with van der Waals surface area (Å²) in [5.41, 5.74) is -0.164. The molecule has 1 fully saturated rings. The monoisotopic (exact) mass is 201 g/mol. The molecule has 0 amide bonds. The van der Waals surface area contributed by atoms with Crippen LogP contribution in [0.3, 0.4) is 0 Å². The van der Waals surface area contributed by atoms with Crippen LogP contribution >= 0.6 is 12.2 Å². The number of ether oxygens (including phenoxy) is 1. The summed E-state index contributed by atoms with van der Waals surface area (Å²) in [7, 11) is 0. The van der Waals surface area contributed by atoms with E-state index in [2.05, 4.69) is 11.8 Å². The van der Waals surface area contributed by atoms with Crippen molar-refractivity contribution in [2.24, 2.45) is 5.92 Å². The fraction of sp³-hybridized carbons (Fsp3) is 0.900. The van der Waals surface area contributed by atoms with E-state index in [-0.39, 0.29) is 5.60 Å². The second-order valence-corrected chi connectivity index (χ2v) is 5.17. The highest BCUT2D eigenvalue weighted by Gasteiger charge is 2.24. The molecule has 1 aliphatic rings. The summed E-state index contributed by atoms with van der Waals surface area (Å²) in [5.74, 6) is 0.751. The zero-order chi connectivity index (χ0) is 10.1. The smallest absolute Gasteiger partial charge is 0.259 e. The Morgan fingerprint density at radius 2 is 2.08 bits per heavy atom. The number of nitrogens with zero attached hydrogens (tertiary/aromatic N) is 1. The molecule has 0 aromatic heterocycles. The molecule has 0 aromatic carbocycles. The van der Waals surface area contributed by atoms with E-state index in [1.54, 1.807) is 0 Å². The Hall–Kier alpha value is -0.310.